The summed E-state index contributed by atoms with van der Waals surface area (Å²) in [5.74, 6) is 1.18. The van der Waals surface area contributed by atoms with Crippen LogP contribution in [0.4, 0.5) is 5.82 Å². The molecule has 11 nitrogen and oxygen atoms in total. The number of nitrogens with two attached hydrogens (primary N) is 1. The van der Waals surface area contributed by atoms with Crippen molar-refractivity contribution in [1.82, 2.24) is 39.6 Å². The van der Waals surface area contributed by atoms with Gasteiger partial charge in [-0.15, -0.1) is 0 Å². The first-order chi connectivity index (χ1) is 20.5. The van der Waals surface area contributed by atoms with Crippen molar-refractivity contribution in [3.05, 3.63) is 107 Å². The third-order valence-electron chi connectivity index (χ3n) is 7.56. The van der Waals surface area contributed by atoms with E-state index < -0.39 is 0 Å². The summed E-state index contributed by atoms with van der Waals surface area (Å²) < 4.78 is 3.51. The number of aryl methyl sites for hydroxylation is 2. The minimum absolute atomic E-state index is 0.121. The number of nitrogens with one attached hydrogen (secondary N) is 1. The molecule has 0 aliphatic heterocycles. The molecule has 1 aromatic carbocycles. The molecule has 0 bridgehead atoms. The number of anilines is 1. The molecule has 5 heterocycles. The Bertz CT molecular complexity index is 2040. The summed E-state index contributed by atoms with van der Waals surface area (Å²) >= 11 is 0. The minimum atomic E-state index is -0.142. The number of carbonyl (C=O) groups is 1. The Morgan fingerprint density at radius 3 is 2.71 bits per heavy atom. The van der Waals surface area contributed by atoms with Crippen LogP contribution in [0.2, 0.25) is 0 Å². The molecule has 6 aromatic rings. The lowest BCUT2D eigenvalue weighted by Crippen LogP contribution is -2.27. The van der Waals surface area contributed by atoms with Gasteiger partial charge in [-0.2, -0.15) is 10.4 Å². The Labute approximate surface area is 240 Å². The van der Waals surface area contributed by atoms with Crippen LogP contribution in [0.25, 0.3) is 34.1 Å². The number of hydrogen-bond donors (Lipinski definition) is 2. The lowest BCUT2D eigenvalue weighted by molar-refractivity contribution is 0.0935. The van der Waals surface area contributed by atoms with Crippen molar-refractivity contribution in [3.8, 4) is 29.0 Å². The highest BCUT2D eigenvalue weighted by Gasteiger charge is 2.27. The summed E-state index contributed by atoms with van der Waals surface area (Å²) in [6.45, 7) is 1.83. The number of amides is 1. The fraction of sp³-hybridized carbons (Fsp3) is 0.129. The molecule has 0 radical (unpaired) electrons. The second-order valence-corrected chi connectivity index (χ2v) is 10.1. The number of nitriles is 1. The standard InChI is InChI=1S/C31H24N10O/c1-18-22(5-2-11-34-18)31(42)37-25-10-7-19-15-21(8-9-23(19)25)41-29(24-6-3-12-35-28(24)33)39-27-20(17-32)16-26(38-30(27)41)40-14-4-13-36-40/h2-6,8-9,11-16,25H,7,10H2,1H3,(H2,33,35)(H,37,42)/t25-/m0/s1. The van der Waals surface area contributed by atoms with E-state index in [4.69, 9.17) is 15.7 Å². The number of rotatable bonds is 5. The average molecular weight is 553 g/mol. The van der Waals surface area contributed by atoms with Crippen molar-refractivity contribution in [2.24, 2.45) is 0 Å². The zero-order valence-electron chi connectivity index (χ0n) is 22.6. The maximum absolute atomic E-state index is 13.0. The third-order valence-corrected chi connectivity index (χ3v) is 7.56. The molecule has 0 saturated carbocycles. The van der Waals surface area contributed by atoms with Gasteiger partial charge in [0.15, 0.2) is 17.3 Å². The lowest BCUT2D eigenvalue weighted by Gasteiger charge is -2.16. The van der Waals surface area contributed by atoms with Crippen LogP contribution in [0, 0.1) is 18.3 Å². The maximum atomic E-state index is 13.0. The molecule has 7 rings (SSSR count). The number of pyridine rings is 3. The largest absolute Gasteiger partial charge is 0.383 e. The summed E-state index contributed by atoms with van der Waals surface area (Å²) in [6.07, 6.45) is 8.29. The summed E-state index contributed by atoms with van der Waals surface area (Å²) in [5.41, 5.74) is 12.5. The summed E-state index contributed by atoms with van der Waals surface area (Å²) in [4.78, 5) is 31.3. The van der Waals surface area contributed by atoms with E-state index in [1.807, 2.05) is 29.7 Å². The van der Waals surface area contributed by atoms with Gasteiger partial charge in [-0.25, -0.2) is 19.6 Å². The van der Waals surface area contributed by atoms with Crippen LogP contribution < -0.4 is 11.1 Å². The van der Waals surface area contributed by atoms with Crippen LogP contribution in [0.1, 0.15) is 45.2 Å². The van der Waals surface area contributed by atoms with Crippen molar-refractivity contribution >= 4 is 22.9 Å². The normalized spacial score (nSPS) is 14.0. The van der Waals surface area contributed by atoms with E-state index in [-0.39, 0.29) is 11.9 Å². The second kappa shape index (κ2) is 9.94. The Morgan fingerprint density at radius 2 is 1.93 bits per heavy atom. The van der Waals surface area contributed by atoms with Gasteiger partial charge in [0.25, 0.3) is 5.91 Å². The third kappa shape index (κ3) is 4.13. The molecule has 1 amide bonds. The first kappa shape index (κ1) is 25.1. The summed E-state index contributed by atoms with van der Waals surface area (Å²) in [5, 5.41) is 17.5. The predicted octanol–water partition coefficient (Wildman–Crippen LogP) is 4.24. The Morgan fingerprint density at radius 1 is 1.07 bits per heavy atom. The zero-order valence-corrected chi connectivity index (χ0v) is 22.6. The van der Waals surface area contributed by atoms with Gasteiger partial charge in [0.05, 0.1) is 22.7 Å². The van der Waals surface area contributed by atoms with Gasteiger partial charge in [-0.05, 0) is 73.4 Å². The Hall–Kier alpha value is -5.89. The van der Waals surface area contributed by atoms with Gasteiger partial charge in [0.1, 0.15) is 17.4 Å². The molecule has 0 unspecified atom stereocenters. The van der Waals surface area contributed by atoms with E-state index >= 15 is 0 Å². The van der Waals surface area contributed by atoms with Crippen molar-refractivity contribution in [2.45, 2.75) is 25.8 Å². The Balaban J connectivity index is 1.36. The molecule has 11 heteroatoms. The van der Waals surface area contributed by atoms with E-state index in [9.17, 15) is 10.1 Å². The van der Waals surface area contributed by atoms with Crippen LogP contribution in [0.3, 0.4) is 0 Å². The first-order valence-electron chi connectivity index (χ1n) is 13.4. The van der Waals surface area contributed by atoms with E-state index in [2.05, 4.69) is 32.5 Å². The highest BCUT2D eigenvalue weighted by Crippen LogP contribution is 2.36. The van der Waals surface area contributed by atoms with Crippen molar-refractivity contribution in [3.63, 3.8) is 0 Å². The lowest BCUT2D eigenvalue weighted by atomic mass is 10.1. The highest BCUT2D eigenvalue weighted by molar-refractivity contribution is 5.95. The molecule has 1 aliphatic carbocycles. The molecule has 0 saturated heterocycles. The monoisotopic (exact) mass is 552 g/mol. The van der Waals surface area contributed by atoms with Gasteiger partial charge >= 0.3 is 0 Å². The molecule has 0 fully saturated rings. The predicted molar refractivity (Wildman–Crippen MR) is 156 cm³/mol. The first-order valence-corrected chi connectivity index (χ1v) is 13.4. The van der Waals surface area contributed by atoms with Crippen LogP contribution in [-0.2, 0) is 6.42 Å². The second-order valence-electron chi connectivity index (χ2n) is 10.1. The number of hydrogen-bond acceptors (Lipinski definition) is 8. The molecule has 0 spiro atoms. The topological polar surface area (TPSA) is 153 Å². The van der Waals surface area contributed by atoms with Crippen LogP contribution in [0.15, 0.2) is 79.4 Å². The summed E-state index contributed by atoms with van der Waals surface area (Å²) in [7, 11) is 0. The minimum Gasteiger partial charge on any atom is -0.383 e. The molecule has 1 aliphatic rings. The number of carbonyl (C=O) groups excluding carboxylic acids is 1. The molecule has 42 heavy (non-hydrogen) atoms. The van der Waals surface area contributed by atoms with Crippen LogP contribution in [0.5, 0.6) is 0 Å². The van der Waals surface area contributed by atoms with Crippen molar-refractivity contribution in [2.75, 3.05) is 5.73 Å². The number of aromatic nitrogens is 7. The van der Waals surface area contributed by atoms with Gasteiger partial charge in [0, 0.05) is 42.2 Å². The van der Waals surface area contributed by atoms with Crippen molar-refractivity contribution < 1.29 is 4.79 Å². The van der Waals surface area contributed by atoms with Gasteiger partial charge in [0.2, 0.25) is 0 Å². The number of fused-ring (bicyclic) bond motifs is 2. The molecule has 3 N–H and O–H groups in total. The van der Waals surface area contributed by atoms with Crippen LogP contribution in [-0.4, -0.2) is 40.2 Å². The molecule has 5 aromatic heterocycles. The van der Waals surface area contributed by atoms with E-state index in [1.165, 1.54) is 0 Å². The SMILES string of the molecule is Cc1ncccc1C(=O)N[C@H]1CCc2cc(-n3c(-c4cccnc4N)nc4c(C#N)cc(-n5cccn5)nc43)ccc21. The number of imidazole rings is 1. The number of nitrogens with zero attached hydrogens (tertiary/aromatic N) is 8. The van der Waals surface area contributed by atoms with Gasteiger partial charge < -0.3 is 11.1 Å². The van der Waals surface area contributed by atoms with E-state index in [1.54, 1.807) is 59.8 Å². The zero-order chi connectivity index (χ0) is 28.8. The smallest absolute Gasteiger partial charge is 0.253 e. The fourth-order valence-electron chi connectivity index (χ4n) is 5.53. The van der Waals surface area contributed by atoms with Gasteiger partial charge in [-0.3, -0.25) is 14.3 Å². The highest BCUT2D eigenvalue weighted by atomic mass is 16.1. The molecule has 1 atom stereocenters. The van der Waals surface area contributed by atoms with Crippen molar-refractivity contribution in [1.29, 1.82) is 5.26 Å². The van der Waals surface area contributed by atoms with Gasteiger partial charge in [-0.1, -0.05) is 6.07 Å². The summed E-state index contributed by atoms with van der Waals surface area (Å²) in [6, 6.07) is 18.9. The Kier molecular flexibility index (Phi) is 5.94. The average Bonchev–Trinajstić information content (AvgIpc) is 3.76. The molecule has 204 valence electrons. The molecular formula is C31H24N10O. The number of nitrogen functional groups attached to an aromatic ring is 1. The fourth-order valence-corrected chi connectivity index (χ4v) is 5.53. The molecular weight excluding hydrogens is 528 g/mol. The van der Waals surface area contributed by atoms with Crippen LogP contribution >= 0.6 is 0 Å². The van der Waals surface area contributed by atoms with E-state index in [0.29, 0.717) is 51.0 Å². The number of benzene rings is 1. The maximum Gasteiger partial charge on any atom is 0.253 e. The quantitative estimate of drug-likeness (QED) is 0.322. The van der Waals surface area contributed by atoms with E-state index in [0.717, 1.165) is 29.7 Å².